The second-order valence-corrected chi connectivity index (χ2v) is 9.88. The van der Waals surface area contributed by atoms with E-state index in [1.165, 1.54) is 0 Å². The van der Waals surface area contributed by atoms with E-state index >= 15 is 0 Å². The number of aryl methyl sites for hydroxylation is 1. The molecule has 2 aromatic rings. The number of nitrogens with zero attached hydrogens (tertiary/aromatic N) is 3. The Bertz CT molecular complexity index is 919. The number of amides is 1. The average molecular weight is 406 g/mol. The van der Waals surface area contributed by atoms with Crippen LogP contribution in [0.3, 0.4) is 0 Å². The number of aromatic nitrogens is 1. The molecule has 2 heterocycles. The Kier molecular flexibility index (Phi) is 6.20. The van der Waals surface area contributed by atoms with Gasteiger partial charge in [-0.3, -0.25) is 4.79 Å². The van der Waals surface area contributed by atoms with E-state index in [4.69, 9.17) is 4.52 Å². The van der Waals surface area contributed by atoms with Crippen molar-refractivity contribution in [2.75, 3.05) is 38.7 Å². The molecule has 1 atom stereocenters. The van der Waals surface area contributed by atoms with Crippen LogP contribution in [0.25, 0.3) is 11.3 Å². The summed E-state index contributed by atoms with van der Waals surface area (Å²) in [5, 5.41) is 4.03. The van der Waals surface area contributed by atoms with Crippen molar-refractivity contribution >= 4 is 15.7 Å². The molecule has 0 N–H and O–H groups in total. The molecular formula is C20H27N3O4S. The predicted molar refractivity (Wildman–Crippen MR) is 108 cm³/mol. The van der Waals surface area contributed by atoms with Crippen LogP contribution in [0.5, 0.6) is 0 Å². The van der Waals surface area contributed by atoms with Crippen LogP contribution in [-0.2, 0) is 9.84 Å². The lowest BCUT2D eigenvalue weighted by Gasteiger charge is -2.27. The highest BCUT2D eigenvalue weighted by atomic mass is 32.2. The van der Waals surface area contributed by atoms with Crippen LogP contribution >= 0.6 is 0 Å². The zero-order chi connectivity index (χ0) is 20.3. The van der Waals surface area contributed by atoms with Crippen LogP contribution in [-0.4, -0.2) is 74.0 Å². The van der Waals surface area contributed by atoms with E-state index in [9.17, 15) is 13.2 Å². The first-order valence-electron chi connectivity index (χ1n) is 9.45. The van der Waals surface area contributed by atoms with Crippen LogP contribution in [0.2, 0.25) is 0 Å². The van der Waals surface area contributed by atoms with E-state index in [-0.39, 0.29) is 29.2 Å². The van der Waals surface area contributed by atoms with E-state index in [0.29, 0.717) is 18.7 Å². The summed E-state index contributed by atoms with van der Waals surface area (Å²) in [6, 6.07) is 9.13. The van der Waals surface area contributed by atoms with E-state index in [1.54, 1.807) is 11.0 Å². The van der Waals surface area contributed by atoms with E-state index in [1.807, 2.05) is 50.2 Å². The molecule has 1 aromatic heterocycles. The summed E-state index contributed by atoms with van der Waals surface area (Å²) in [5.41, 5.74) is 2.60. The minimum atomic E-state index is -3.09. The number of carbonyl (C=O) groups excluding carboxylic acids is 1. The minimum absolute atomic E-state index is 0.0136. The van der Waals surface area contributed by atoms with Gasteiger partial charge in [-0.05, 0) is 40.4 Å². The lowest BCUT2D eigenvalue weighted by molar-refractivity contribution is 0.0648. The molecule has 0 radical (unpaired) electrons. The second kappa shape index (κ2) is 8.45. The van der Waals surface area contributed by atoms with Crippen LogP contribution < -0.4 is 0 Å². The topological polar surface area (TPSA) is 83.7 Å². The third-order valence-electron chi connectivity index (χ3n) is 4.98. The van der Waals surface area contributed by atoms with Crippen LogP contribution in [0.15, 0.2) is 34.9 Å². The van der Waals surface area contributed by atoms with Gasteiger partial charge in [-0.2, -0.15) is 0 Å². The molecule has 0 spiro atoms. The third kappa shape index (κ3) is 4.99. The second-order valence-electron chi connectivity index (χ2n) is 7.65. The smallest absolute Gasteiger partial charge is 0.292 e. The molecule has 3 rings (SSSR count). The largest absolute Gasteiger partial charge is 0.350 e. The normalized spacial score (nSPS) is 18.5. The van der Waals surface area contributed by atoms with E-state index in [2.05, 4.69) is 5.16 Å². The molecule has 1 amide bonds. The lowest BCUT2D eigenvalue weighted by Crippen LogP contribution is -2.42. The van der Waals surface area contributed by atoms with Gasteiger partial charge in [-0.15, -0.1) is 0 Å². The fraction of sp³-hybridized carbons (Fsp3) is 0.500. The van der Waals surface area contributed by atoms with Gasteiger partial charge in [-0.25, -0.2) is 8.42 Å². The lowest BCUT2D eigenvalue weighted by atomic mass is 10.1. The van der Waals surface area contributed by atoms with Crippen molar-refractivity contribution in [3.8, 4) is 11.3 Å². The number of rotatable bonds is 7. The predicted octanol–water partition coefficient (Wildman–Crippen LogP) is 2.23. The number of hydrogen-bond donors (Lipinski definition) is 0. The first-order valence-corrected chi connectivity index (χ1v) is 11.3. The van der Waals surface area contributed by atoms with E-state index < -0.39 is 9.84 Å². The van der Waals surface area contributed by atoms with E-state index in [0.717, 1.165) is 24.1 Å². The summed E-state index contributed by atoms with van der Waals surface area (Å²) in [5.74, 6) is -0.0174. The average Bonchev–Trinajstić information content (AvgIpc) is 3.25. The number of benzene rings is 1. The van der Waals surface area contributed by atoms with Crippen LogP contribution in [0, 0.1) is 6.92 Å². The van der Waals surface area contributed by atoms with Gasteiger partial charge < -0.3 is 14.3 Å². The zero-order valence-corrected chi connectivity index (χ0v) is 17.4. The summed E-state index contributed by atoms with van der Waals surface area (Å²) in [6.07, 6.45) is 1.23. The quantitative estimate of drug-likeness (QED) is 0.702. The summed E-state index contributed by atoms with van der Waals surface area (Å²) in [7, 11) is 0.848. The van der Waals surface area contributed by atoms with Crippen molar-refractivity contribution in [3.63, 3.8) is 0 Å². The molecule has 152 valence electrons. The van der Waals surface area contributed by atoms with Gasteiger partial charge in [0.05, 0.1) is 11.5 Å². The van der Waals surface area contributed by atoms with Crippen LogP contribution in [0.4, 0.5) is 0 Å². The SMILES string of the molecule is Cc1ccc(-c2cc(C(=O)N(CCCN(C)C)C3CCS(=O)(=O)C3)on2)cc1. The molecule has 1 saturated heterocycles. The van der Waals surface area contributed by atoms with Gasteiger partial charge in [0.1, 0.15) is 5.69 Å². The fourth-order valence-electron chi connectivity index (χ4n) is 3.41. The Morgan fingerprint density at radius 3 is 2.54 bits per heavy atom. The highest BCUT2D eigenvalue weighted by Gasteiger charge is 2.36. The number of hydrogen-bond acceptors (Lipinski definition) is 6. The van der Waals surface area contributed by atoms with Crippen molar-refractivity contribution in [1.82, 2.24) is 15.0 Å². The summed E-state index contributed by atoms with van der Waals surface area (Å²) >= 11 is 0. The third-order valence-corrected chi connectivity index (χ3v) is 6.73. The Balaban J connectivity index is 1.79. The molecule has 1 fully saturated rings. The molecule has 7 nitrogen and oxygen atoms in total. The molecule has 1 unspecified atom stereocenters. The van der Waals surface area contributed by atoms with Crippen molar-refractivity contribution < 1.29 is 17.7 Å². The monoisotopic (exact) mass is 405 g/mol. The molecule has 8 heteroatoms. The van der Waals surface area contributed by atoms with Gasteiger partial charge in [0.25, 0.3) is 5.91 Å². The maximum atomic E-state index is 13.1. The highest BCUT2D eigenvalue weighted by molar-refractivity contribution is 7.91. The molecule has 1 aliphatic rings. The fourth-order valence-corrected chi connectivity index (χ4v) is 5.14. The highest BCUT2D eigenvalue weighted by Crippen LogP contribution is 2.24. The Morgan fingerprint density at radius 2 is 1.93 bits per heavy atom. The van der Waals surface area contributed by atoms with Gasteiger partial charge in [0.2, 0.25) is 5.76 Å². The van der Waals surface area contributed by atoms with Gasteiger partial charge in [-0.1, -0.05) is 35.0 Å². The van der Waals surface area contributed by atoms with Crippen LogP contribution in [0.1, 0.15) is 29.0 Å². The van der Waals surface area contributed by atoms with Crippen molar-refractivity contribution in [1.29, 1.82) is 0 Å². The molecule has 0 bridgehead atoms. The molecule has 1 aromatic carbocycles. The first-order chi connectivity index (χ1) is 13.2. The minimum Gasteiger partial charge on any atom is -0.350 e. The van der Waals surface area contributed by atoms with Crippen molar-refractivity contribution in [2.45, 2.75) is 25.8 Å². The number of carbonyl (C=O) groups is 1. The molecule has 0 aliphatic carbocycles. The summed E-state index contributed by atoms with van der Waals surface area (Å²) in [4.78, 5) is 16.8. The maximum Gasteiger partial charge on any atom is 0.292 e. The molecule has 1 aliphatic heterocycles. The van der Waals surface area contributed by atoms with Gasteiger partial charge in [0.15, 0.2) is 9.84 Å². The van der Waals surface area contributed by atoms with Gasteiger partial charge >= 0.3 is 0 Å². The summed E-state index contributed by atoms with van der Waals surface area (Å²) in [6.45, 7) is 3.30. The maximum absolute atomic E-state index is 13.1. The summed E-state index contributed by atoms with van der Waals surface area (Å²) < 4.78 is 29.2. The molecule has 28 heavy (non-hydrogen) atoms. The van der Waals surface area contributed by atoms with Crippen molar-refractivity contribution in [3.05, 3.63) is 41.7 Å². The Hall–Kier alpha value is -2.19. The molecular weight excluding hydrogens is 378 g/mol. The molecule has 0 saturated carbocycles. The Labute approximate surface area is 166 Å². The van der Waals surface area contributed by atoms with Gasteiger partial charge in [0, 0.05) is 24.2 Å². The zero-order valence-electron chi connectivity index (χ0n) is 16.6. The number of sulfone groups is 1. The Morgan fingerprint density at radius 1 is 1.21 bits per heavy atom. The first kappa shape index (κ1) is 20.5. The van der Waals surface area contributed by atoms with Crippen molar-refractivity contribution in [2.24, 2.45) is 0 Å². The standard InChI is InChI=1S/C20H27N3O4S/c1-15-5-7-16(8-6-15)18-13-19(27-21-18)20(24)23(11-4-10-22(2)3)17-9-12-28(25,26)14-17/h5-8,13,17H,4,9-12,14H2,1-3H3.